The first kappa shape index (κ1) is 32.1. The van der Waals surface area contributed by atoms with Gasteiger partial charge in [-0.1, -0.05) is 0 Å². The molecule has 0 bridgehead atoms. The summed E-state index contributed by atoms with van der Waals surface area (Å²) < 4.78 is 65.5. The summed E-state index contributed by atoms with van der Waals surface area (Å²) in [6, 6.07) is 6.55. The van der Waals surface area contributed by atoms with Crippen molar-refractivity contribution in [3.63, 3.8) is 0 Å². The van der Waals surface area contributed by atoms with E-state index in [-0.39, 0.29) is 0 Å². The molecule has 1 atom stereocenters. The second kappa shape index (κ2) is 13.5. The summed E-state index contributed by atoms with van der Waals surface area (Å²) in [6.45, 7) is 7.84. The van der Waals surface area contributed by atoms with Crippen molar-refractivity contribution in [2.45, 2.75) is 57.4 Å². The highest BCUT2D eigenvalue weighted by molar-refractivity contribution is 7.10. The lowest BCUT2D eigenvalue weighted by Gasteiger charge is -2.31. The van der Waals surface area contributed by atoms with Gasteiger partial charge < -0.3 is 15.1 Å². The number of carboxylic acids is 2. The van der Waals surface area contributed by atoms with Crippen molar-refractivity contribution in [1.29, 1.82) is 0 Å². The fourth-order valence-corrected chi connectivity index (χ4v) is 5.35. The molecule has 0 amide bonds. The number of alkyl halides is 6. The summed E-state index contributed by atoms with van der Waals surface area (Å²) >= 11 is 1.88. The maximum Gasteiger partial charge on any atom is 0.490 e. The topological polar surface area (TPSA) is 111 Å². The SMILES string of the molecule is Cc1ccsc1CN1CCCC(c2nc3ccc(N4CCCC4)cn3n2)C1.O=C(O)C(F)(F)F.O=C(O)C(F)(F)F. The zero-order chi connectivity index (χ0) is 30.4. The highest BCUT2D eigenvalue weighted by Gasteiger charge is 2.39. The molecule has 2 saturated heterocycles. The molecule has 226 valence electrons. The van der Waals surface area contributed by atoms with Crippen LogP contribution in [-0.2, 0) is 16.1 Å². The molecule has 5 rings (SSSR count). The largest absolute Gasteiger partial charge is 0.490 e. The first-order chi connectivity index (χ1) is 19.1. The number of hydrogen-bond acceptors (Lipinski definition) is 7. The van der Waals surface area contributed by atoms with Crippen LogP contribution in [0.4, 0.5) is 32.0 Å². The first-order valence-electron chi connectivity index (χ1n) is 12.6. The molecule has 2 N–H and O–H groups in total. The van der Waals surface area contributed by atoms with Crippen LogP contribution in [-0.4, -0.2) is 80.2 Å². The number of fused-ring (bicyclic) bond motifs is 1. The van der Waals surface area contributed by atoms with E-state index in [9.17, 15) is 26.3 Å². The van der Waals surface area contributed by atoms with Gasteiger partial charge in [0, 0.05) is 37.0 Å². The molecule has 16 heteroatoms. The quantitative estimate of drug-likeness (QED) is 0.381. The smallest absolute Gasteiger partial charge is 0.475 e. The van der Waals surface area contributed by atoms with Gasteiger partial charge in [0.1, 0.15) is 0 Å². The maximum absolute atomic E-state index is 10.6. The number of carboxylic acid groups (broad SMARTS) is 2. The lowest BCUT2D eigenvalue weighted by Crippen LogP contribution is -2.34. The summed E-state index contributed by atoms with van der Waals surface area (Å²) in [7, 11) is 0. The van der Waals surface area contributed by atoms with Gasteiger partial charge in [-0.25, -0.2) is 19.1 Å². The fourth-order valence-electron chi connectivity index (χ4n) is 4.40. The number of carbonyl (C=O) groups is 2. The molecular weight excluding hydrogens is 580 g/mol. The molecule has 0 aliphatic carbocycles. The standard InChI is InChI=1S/C21H27N5S.2C2HF3O2/c1-16-8-12-27-19(16)15-24-9-4-5-17(13-24)21-22-20-7-6-18(14-26(20)23-21)25-10-2-3-11-25;2*3-2(4,5)1(6)7/h6-8,12,14,17H,2-5,9-11,13,15H2,1H3;2*(H,6,7). The predicted molar refractivity (Wildman–Crippen MR) is 138 cm³/mol. The van der Waals surface area contributed by atoms with Crippen LogP contribution < -0.4 is 4.90 Å². The van der Waals surface area contributed by atoms with E-state index in [2.05, 4.69) is 46.5 Å². The van der Waals surface area contributed by atoms with E-state index in [1.807, 2.05) is 15.9 Å². The van der Waals surface area contributed by atoms with Gasteiger partial charge in [-0.15, -0.1) is 11.3 Å². The molecule has 41 heavy (non-hydrogen) atoms. The zero-order valence-corrected chi connectivity index (χ0v) is 22.8. The number of rotatable bonds is 4. The van der Waals surface area contributed by atoms with Gasteiger partial charge in [0.2, 0.25) is 0 Å². The van der Waals surface area contributed by atoms with Crippen LogP contribution in [0.2, 0.25) is 0 Å². The van der Waals surface area contributed by atoms with Gasteiger partial charge in [-0.3, -0.25) is 4.90 Å². The summed E-state index contributed by atoms with van der Waals surface area (Å²) in [5.41, 5.74) is 3.66. The van der Waals surface area contributed by atoms with Gasteiger partial charge in [0.15, 0.2) is 11.5 Å². The second-order valence-electron chi connectivity index (χ2n) is 9.56. The van der Waals surface area contributed by atoms with Crippen molar-refractivity contribution in [3.05, 3.63) is 46.0 Å². The Bertz CT molecular complexity index is 1300. The van der Waals surface area contributed by atoms with Crippen LogP contribution in [0.25, 0.3) is 5.65 Å². The van der Waals surface area contributed by atoms with Crippen LogP contribution in [0.3, 0.4) is 0 Å². The highest BCUT2D eigenvalue weighted by Crippen LogP contribution is 2.28. The number of likely N-dealkylation sites (tertiary alicyclic amines) is 1. The van der Waals surface area contributed by atoms with Crippen molar-refractivity contribution in [2.75, 3.05) is 31.1 Å². The Labute approximate surface area is 235 Å². The molecule has 3 aromatic heterocycles. The van der Waals surface area contributed by atoms with Gasteiger partial charge in [0.05, 0.1) is 11.9 Å². The number of aryl methyl sites for hydroxylation is 1. The molecule has 5 heterocycles. The van der Waals surface area contributed by atoms with E-state index in [1.54, 1.807) is 0 Å². The van der Waals surface area contributed by atoms with Crippen LogP contribution in [0, 0.1) is 6.92 Å². The molecule has 2 aliphatic heterocycles. The molecule has 2 aliphatic rings. The zero-order valence-electron chi connectivity index (χ0n) is 22.0. The van der Waals surface area contributed by atoms with Gasteiger partial charge in [-0.2, -0.15) is 31.4 Å². The molecular formula is C25H29F6N5O4S. The van der Waals surface area contributed by atoms with Gasteiger partial charge in [-0.05, 0) is 68.3 Å². The Morgan fingerprint density at radius 2 is 1.59 bits per heavy atom. The number of pyridine rings is 1. The molecule has 1 unspecified atom stereocenters. The van der Waals surface area contributed by atoms with Crippen LogP contribution in [0.5, 0.6) is 0 Å². The minimum atomic E-state index is -5.08. The molecule has 3 aromatic rings. The third-order valence-corrected chi connectivity index (χ3v) is 7.50. The predicted octanol–water partition coefficient (Wildman–Crippen LogP) is 5.35. The van der Waals surface area contributed by atoms with Crippen LogP contribution in [0.15, 0.2) is 29.8 Å². The number of piperidine rings is 1. The van der Waals surface area contributed by atoms with Crippen molar-refractivity contribution < 1.29 is 46.1 Å². The Morgan fingerprint density at radius 1 is 0.976 bits per heavy atom. The second-order valence-corrected chi connectivity index (χ2v) is 10.6. The van der Waals surface area contributed by atoms with Gasteiger partial charge in [0.25, 0.3) is 0 Å². The number of nitrogens with zero attached hydrogens (tertiary/aromatic N) is 5. The van der Waals surface area contributed by atoms with Crippen molar-refractivity contribution in [2.24, 2.45) is 0 Å². The molecule has 0 aromatic carbocycles. The number of anilines is 1. The minimum Gasteiger partial charge on any atom is -0.475 e. The number of aliphatic carboxylic acids is 2. The van der Waals surface area contributed by atoms with Crippen LogP contribution in [0.1, 0.15) is 47.9 Å². The normalized spacial score (nSPS) is 17.9. The summed E-state index contributed by atoms with van der Waals surface area (Å²) in [5, 5.41) is 21.3. The summed E-state index contributed by atoms with van der Waals surface area (Å²) in [5.74, 6) is -4.06. The maximum atomic E-state index is 10.6. The Morgan fingerprint density at radius 3 is 2.12 bits per heavy atom. The molecule has 0 radical (unpaired) electrons. The molecule has 0 spiro atoms. The Kier molecular flexibility index (Phi) is 10.6. The van der Waals surface area contributed by atoms with Crippen molar-refractivity contribution in [3.8, 4) is 0 Å². The van der Waals surface area contributed by atoms with E-state index >= 15 is 0 Å². The van der Waals surface area contributed by atoms with E-state index in [4.69, 9.17) is 29.9 Å². The molecule has 2 fully saturated rings. The highest BCUT2D eigenvalue weighted by atomic mass is 32.1. The number of hydrogen-bond donors (Lipinski definition) is 2. The third-order valence-electron chi connectivity index (χ3n) is 6.49. The van der Waals surface area contributed by atoms with E-state index in [1.165, 1.54) is 48.4 Å². The number of thiophene rings is 1. The van der Waals surface area contributed by atoms with Crippen molar-refractivity contribution >= 4 is 34.6 Å². The Balaban J connectivity index is 0.000000276. The number of halogens is 6. The average Bonchev–Trinajstić information content (AvgIpc) is 3.65. The van der Waals surface area contributed by atoms with Crippen molar-refractivity contribution in [1.82, 2.24) is 19.5 Å². The van der Waals surface area contributed by atoms with E-state index in [0.29, 0.717) is 5.92 Å². The monoisotopic (exact) mass is 609 g/mol. The third kappa shape index (κ3) is 9.31. The summed E-state index contributed by atoms with van der Waals surface area (Å²) in [6.07, 6.45) is -3.00. The molecule has 9 nitrogen and oxygen atoms in total. The lowest BCUT2D eigenvalue weighted by molar-refractivity contribution is -0.193. The summed E-state index contributed by atoms with van der Waals surface area (Å²) in [4.78, 5) is 29.2. The number of aromatic nitrogens is 3. The Hall–Kier alpha value is -3.40. The van der Waals surface area contributed by atoms with E-state index < -0.39 is 24.3 Å². The first-order valence-corrected chi connectivity index (χ1v) is 13.5. The minimum absolute atomic E-state index is 0.439. The lowest BCUT2D eigenvalue weighted by atomic mass is 9.97. The van der Waals surface area contributed by atoms with E-state index in [0.717, 1.165) is 37.7 Å². The van der Waals surface area contributed by atoms with Gasteiger partial charge >= 0.3 is 24.3 Å². The fraction of sp³-hybridized carbons (Fsp3) is 0.520. The van der Waals surface area contributed by atoms with Crippen LogP contribution >= 0.6 is 11.3 Å². The average molecular weight is 610 g/mol. The molecule has 0 saturated carbocycles.